The van der Waals surface area contributed by atoms with Gasteiger partial charge in [0.2, 0.25) is 0 Å². The molecule has 1 aliphatic rings. The van der Waals surface area contributed by atoms with Crippen LogP contribution in [0.25, 0.3) is 0 Å². The molecule has 0 radical (unpaired) electrons. The van der Waals surface area contributed by atoms with Gasteiger partial charge in [0.25, 0.3) is 0 Å². The van der Waals surface area contributed by atoms with E-state index in [4.69, 9.17) is 26.8 Å². The fourth-order valence-electron chi connectivity index (χ4n) is 2.59. The van der Waals surface area contributed by atoms with Gasteiger partial charge in [-0.2, -0.15) is 0 Å². The maximum Gasteiger partial charge on any atom is 0.311 e. The molecule has 1 aromatic rings. The van der Waals surface area contributed by atoms with Gasteiger partial charge in [-0.15, -0.1) is 0 Å². The van der Waals surface area contributed by atoms with Crippen molar-refractivity contribution in [2.45, 2.75) is 32.7 Å². The van der Waals surface area contributed by atoms with Crippen LogP contribution < -0.4 is 10.5 Å². The Morgan fingerprint density at radius 2 is 2.25 bits per heavy atom. The average molecular weight is 298 g/mol. The summed E-state index contributed by atoms with van der Waals surface area (Å²) in [7, 11) is 1.38. The van der Waals surface area contributed by atoms with Crippen LogP contribution in [0, 0.1) is 5.41 Å². The molecule has 1 heterocycles. The lowest BCUT2D eigenvalue weighted by Gasteiger charge is -2.26. The van der Waals surface area contributed by atoms with E-state index < -0.39 is 5.41 Å². The molecule has 20 heavy (non-hydrogen) atoms. The molecule has 1 aliphatic heterocycles. The normalized spacial score (nSPS) is 15.4. The lowest BCUT2D eigenvalue weighted by Crippen LogP contribution is -2.30. The zero-order chi connectivity index (χ0) is 14.9. The molecule has 2 N–H and O–H groups in total. The van der Waals surface area contributed by atoms with Crippen molar-refractivity contribution in [3.63, 3.8) is 0 Å². The molecule has 1 atom stereocenters. The van der Waals surface area contributed by atoms with Gasteiger partial charge in [-0.25, -0.2) is 0 Å². The Hall–Kier alpha value is -1.26. The number of hydrogen-bond acceptors (Lipinski definition) is 4. The van der Waals surface area contributed by atoms with Crippen LogP contribution in [-0.4, -0.2) is 19.7 Å². The zero-order valence-corrected chi connectivity index (χ0v) is 12.8. The summed E-state index contributed by atoms with van der Waals surface area (Å²) in [5, 5.41) is 0.649. The van der Waals surface area contributed by atoms with Crippen molar-refractivity contribution in [1.29, 1.82) is 0 Å². The lowest BCUT2D eigenvalue weighted by atomic mass is 9.83. The molecular formula is C15H20ClNO3. The summed E-state index contributed by atoms with van der Waals surface area (Å²) in [4.78, 5) is 11.8. The minimum Gasteiger partial charge on any atom is -0.493 e. The Balaban J connectivity index is 2.26. The summed E-state index contributed by atoms with van der Waals surface area (Å²) in [6.45, 7) is 4.30. The Morgan fingerprint density at radius 1 is 1.55 bits per heavy atom. The minimum atomic E-state index is -0.651. The summed E-state index contributed by atoms with van der Waals surface area (Å²) < 4.78 is 10.5. The van der Waals surface area contributed by atoms with Crippen LogP contribution in [0.3, 0.4) is 0 Å². The largest absolute Gasteiger partial charge is 0.493 e. The summed E-state index contributed by atoms with van der Waals surface area (Å²) in [5.74, 6) is 0.551. The second kappa shape index (κ2) is 5.62. The van der Waals surface area contributed by atoms with E-state index in [0.29, 0.717) is 18.1 Å². The topological polar surface area (TPSA) is 61.5 Å². The fraction of sp³-hybridized carbons (Fsp3) is 0.533. The maximum absolute atomic E-state index is 11.8. The number of rotatable bonds is 4. The summed E-state index contributed by atoms with van der Waals surface area (Å²) in [6, 6.07) is 3.41. The van der Waals surface area contributed by atoms with Crippen LogP contribution >= 0.6 is 11.6 Å². The van der Waals surface area contributed by atoms with Crippen molar-refractivity contribution >= 4 is 17.6 Å². The zero-order valence-electron chi connectivity index (χ0n) is 12.0. The predicted molar refractivity (Wildman–Crippen MR) is 78.0 cm³/mol. The number of carbonyl (C=O) groups is 1. The van der Waals surface area contributed by atoms with Crippen molar-refractivity contribution in [2.75, 3.05) is 13.7 Å². The van der Waals surface area contributed by atoms with Gasteiger partial charge in [0.05, 0.1) is 19.1 Å². The third-order valence-electron chi connectivity index (χ3n) is 3.64. The first kappa shape index (κ1) is 15.1. The van der Waals surface area contributed by atoms with Gasteiger partial charge in [-0.1, -0.05) is 11.6 Å². The van der Waals surface area contributed by atoms with Crippen LogP contribution in [-0.2, 0) is 16.0 Å². The Kier molecular flexibility index (Phi) is 4.25. The highest BCUT2D eigenvalue weighted by Gasteiger charge is 2.33. The number of carbonyl (C=O) groups excluding carboxylic acids is 1. The van der Waals surface area contributed by atoms with Gasteiger partial charge in [-0.05, 0) is 38.0 Å². The van der Waals surface area contributed by atoms with Crippen molar-refractivity contribution in [3.8, 4) is 5.75 Å². The second-order valence-corrected chi connectivity index (χ2v) is 6.20. The van der Waals surface area contributed by atoms with E-state index in [0.717, 1.165) is 23.3 Å². The molecule has 110 valence electrons. The number of methoxy groups -OCH3 is 1. The molecule has 0 spiro atoms. The third-order valence-corrected chi connectivity index (χ3v) is 3.86. The molecule has 0 amide bonds. The highest BCUT2D eigenvalue weighted by Crippen LogP contribution is 2.39. The molecule has 0 saturated carbocycles. The molecule has 0 bridgehead atoms. The van der Waals surface area contributed by atoms with Crippen LogP contribution in [0.1, 0.15) is 37.4 Å². The first-order valence-corrected chi connectivity index (χ1v) is 7.02. The minimum absolute atomic E-state index is 0.271. The Labute approximate surface area is 124 Å². The second-order valence-electron chi connectivity index (χ2n) is 5.77. The van der Waals surface area contributed by atoms with E-state index in [-0.39, 0.29) is 12.0 Å². The number of halogens is 1. The molecule has 4 nitrogen and oxygen atoms in total. The molecule has 2 rings (SSSR count). The number of esters is 1. The Bertz CT molecular complexity index is 528. The smallest absolute Gasteiger partial charge is 0.311 e. The molecule has 0 aromatic heterocycles. The lowest BCUT2D eigenvalue weighted by molar-refractivity contribution is -0.151. The fourth-order valence-corrected chi connectivity index (χ4v) is 2.84. The predicted octanol–water partition coefficient (Wildman–Crippen LogP) is 2.86. The third kappa shape index (κ3) is 2.91. The molecule has 5 heteroatoms. The highest BCUT2D eigenvalue weighted by molar-refractivity contribution is 6.30. The summed E-state index contributed by atoms with van der Waals surface area (Å²) in [5.41, 5.74) is 7.56. The molecule has 0 saturated heterocycles. The quantitative estimate of drug-likeness (QED) is 0.868. The first-order chi connectivity index (χ1) is 9.35. The highest BCUT2D eigenvalue weighted by atomic mass is 35.5. The van der Waals surface area contributed by atoms with Gasteiger partial charge in [-0.3, -0.25) is 4.79 Å². The monoisotopic (exact) mass is 297 g/mol. The molecule has 1 unspecified atom stereocenters. The van der Waals surface area contributed by atoms with Crippen molar-refractivity contribution in [1.82, 2.24) is 0 Å². The van der Waals surface area contributed by atoms with Crippen LogP contribution in [0.15, 0.2) is 12.1 Å². The number of fused-ring (bicyclic) bond motifs is 1. The molecule has 0 aliphatic carbocycles. The van der Waals surface area contributed by atoms with Crippen molar-refractivity contribution in [2.24, 2.45) is 11.1 Å². The average Bonchev–Trinajstić information content (AvgIpc) is 2.83. The molecular weight excluding hydrogens is 278 g/mol. The SMILES string of the molecule is COC(=O)C(C)(C)CC(N)c1cc(Cl)cc2c1OCC2. The number of nitrogens with two attached hydrogens (primary N) is 1. The van der Waals surface area contributed by atoms with E-state index >= 15 is 0 Å². The van der Waals surface area contributed by atoms with Crippen LogP contribution in [0.2, 0.25) is 5.02 Å². The summed E-state index contributed by atoms with van der Waals surface area (Å²) >= 11 is 6.13. The van der Waals surface area contributed by atoms with Crippen LogP contribution in [0.4, 0.5) is 0 Å². The summed E-state index contributed by atoms with van der Waals surface area (Å²) in [6.07, 6.45) is 1.31. The van der Waals surface area contributed by atoms with E-state index in [1.165, 1.54) is 7.11 Å². The van der Waals surface area contributed by atoms with Gasteiger partial charge in [0, 0.05) is 23.0 Å². The molecule has 0 fully saturated rings. The standard InChI is InChI=1S/C15H20ClNO3/c1-15(2,14(18)19-3)8-12(17)11-7-10(16)6-9-4-5-20-13(9)11/h6-7,12H,4-5,8,17H2,1-3H3. The maximum atomic E-state index is 11.8. The number of hydrogen-bond donors (Lipinski definition) is 1. The van der Waals surface area contributed by atoms with Gasteiger partial charge in [0.1, 0.15) is 5.75 Å². The van der Waals surface area contributed by atoms with Crippen molar-refractivity contribution in [3.05, 3.63) is 28.3 Å². The van der Waals surface area contributed by atoms with E-state index in [9.17, 15) is 4.79 Å². The number of ether oxygens (including phenoxy) is 2. The van der Waals surface area contributed by atoms with Gasteiger partial charge >= 0.3 is 5.97 Å². The van der Waals surface area contributed by atoms with Crippen LogP contribution in [0.5, 0.6) is 5.75 Å². The van der Waals surface area contributed by atoms with E-state index in [1.807, 2.05) is 26.0 Å². The number of benzene rings is 1. The van der Waals surface area contributed by atoms with Gasteiger partial charge in [0.15, 0.2) is 0 Å². The molecule has 1 aromatic carbocycles. The van der Waals surface area contributed by atoms with E-state index in [1.54, 1.807) is 0 Å². The van der Waals surface area contributed by atoms with Gasteiger partial charge < -0.3 is 15.2 Å². The first-order valence-electron chi connectivity index (χ1n) is 6.64. The van der Waals surface area contributed by atoms with E-state index in [2.05, 4.69) is 0 Å². The van der Waals surface area contributed by atoms with Crippen molar-refractivity contribution < 1.29 is 14.3 Å². The Morgan fingerprint density at radius 3 is 2.90 bits per heavy atom.